The normalized spacial score (nSPS) is 14.0. The topological polar surface area (TPSA) is 89.8 Å². The van der Waals surface area contributed by atoms with Gasteiger partial charge in [0.1, 0.15) is 12.3 Å². The number of carbonyl (C=O) groups is 2. The van der Waals surface area contributed by atoms with Crippen molar-refractivity contribution >= 4 is 11.8 Å². The second kappa shape index (κ2) is 6.51. The molecule has 0 aliphatic carbocycles. The fourth-order valence-electron chi connectivity index (χ4n) is 2.51. The molecule has 7 nitrogen and oxygen atoms in total. The number of carbonyl (C=O) groups excluding carboxylic acids is 2. The van der Waals surface area contributed by atoms with E-state index in [2.05, 4.69) is 10.6 Å². The number of hydrogen-bond donors (Lipinski definition) is 2. The summed E-state index contributed by atoms with van der Waals surface area (Å²) < 4.78 is 15.5. The highest BCUT2D eigenvalue weighted by atomic mass is 16.7. The Kier molecular flexibility index (Phi) is 4.39. The van der Waals surface area contributed by atoms with Crippen LogP contribution >= 0.6 is 0 Å². The summed E-state index contributed by atoms with van der Waals surface area (Å²) >= 11 is 0. The van der Waals surface area contributed by atoms with Crippen LogP contribution in [0.1, 0.15) is 36.7 Å². The Hall–Kier alpha value is -2.96. The van der Waals surface area contributed by atoms with E-state index in [1.165, 1.54) is 18.6 Å². The van der Waals surface area contributed by atoms with Crippen LogP contribution in [0.4, 0.5) is 0 Å². The zero-order chi connectivity index (χ0) is 18.0. The first-order chi connectivity index (χ1) is 11.9. The van der Waals surface area contributed by atoms with Gasteiger partial charge < -0.3 is 24.5 Å². The quantitative estimate of drug-likeness (QED) is 0.868. The molecule has 1 aliphatic heterocycles. The molecule has 2 aromatic rings. The molecule has 0 fully saturated rings. The minimum absolute atomic E-state index is 0.197. The SMILES string of the molecule is C[C@H](NC(=O)c1ccoc1)C(=O)NC(C)(C)c1ccc2c(c1)OCO2. The van der Waals surface area contributed by atoms with Crippen molar-refractivity contribution in [1.82, 2.24) is 10.6 Å². The van der Waals surface area contributed by atoms with Crippen LogP contribution in [-0.4, -0.2) is 24.6 Å². The minimum atomic E-state index is -0.698. The second-order valence-corrected chi connectivity index (χ2v) is 6.39. The molecule has 2 N–H and O–H groups in total. The number of hydrogen-bond acceptors (Lipinski definition) is 5. The predicted molar refractivity (Wildman–Crippen MR) is 89.4 cm³/mol. The highest BCUT2D eigenvalue weighted by Gasteiger charge is 2.28. The molecule has 1 aliphatic rings. The van der Waals surface area contributed by atoms with Gasteiger partial charge >= 0.3 is 0 Å². The molecule has 0 radical (unpaired) electrons. The van der Waals surface area contributed by atoms with Crippen molar-refractivity contribution in [2.75, 3.05) is 6.79 Å². The summed E-state index contributed by atoms with van der Waals surface area (Å²) in [5.74, 6) is 0.685. The van der Waals surface area contributed by atoms with Crippen molar-refractivity contribution in [3.05, 3.63) is 47.9 Å². The Morgan fingerprint density at radius 2 is 1.92 bits per heavy atom. The molecular formula is C18H20N2O5. The number of nitrogens with one attached hydrogen (secondary N) is 2. The van der Waals surface area contributed by atoms with Gasteiger partial charge in [0, 0.05) is 0 Å². The molecule has 1 aromatic carbocycles. The highest BCUT2D eigenvalue weighted by molar-refractivity contribution is 5.97. The van der Waals surface area contributed by atoms with E-state index in [-0.39, 0.29) is 18.6 Å². The fourth-order valence-corrected chi connectivity index (χ4v) is 2.51. The molecule has 0 unspecified atom stereocenters. The maximum Gasteiger partial charge on any atom is 0.255 e. The van der Waals surface area contributed by atoms with Crippen LogP contribution in [0.25, 0.3) is 0 Å². The number of fused-ring (bicyclic) bond motifs is 1. The number of amides is 2. The maximum absolute atomic E-state index is 12.5. The second-order valence-electron chi connectivity index (χ2n) is 6.39. The summed E-state index contributed by atoms with van der Waals surface area (Å²) in [5.41, 5.74) is 0.598. The largest absolute Gasteiger partial charge is 0.472 e. The first-order valence-corrected chi connectivity index (χ1v) is 7.92. The zero-order valence-electron chi connectivity index (χ0n) is 14.3. The van der Waals surface area contributed by atoms with Gasteiger partial charge in [-0.3, -0.25) is 9.59 Å². The average Bonchev–Trinajstić information content (AvgIpc) is 3.25. The summed E-state index contributed by atoms with van der Waals surface area (Å²) in [6, 6.07) is 6.38. The monoisotopic (exact) mass is 344 g/mol. The van der Waals surface area contributed by atoms with Gasteiger partial charge in [-0.05, 0) is 44.5 Å². The molecule has 2 amide bonds. The molecule has 3 rings (SSSR count). The van der Waals surface area contributed by atoms with Crippen molar-refractivity contribution in [2.24, 2.45) is 0 Å². The zero-order valence-corrected chi connectivity index (χ0v) is 14.3. The average molecular weight is 344 g/mol. The molecule has 1 atom stereocenters. The Balaban J connectivity index is 1.65. The lowest BCUT2D eigenvalue weighted by Gasteiger charge is -2.29. The van der Waals surface area contributed by atoms with Crippen LogP contribution in [0.2, 0.25) is 0 Å². The van der Waals surface area contributed by atoms with E-state index in [0.717, 1.165) is 5.56 Å². The standard InChI is InChI=1S/C18H20N2O5/c1-11(19-17(22)12-6-7-23-9-12)16(21)20-18(2,3)13-4-5-14-15(8-13)25-10-24-14/h4-9,11H,10H2,1-3H3,(H,19,22)(H,20,21)/t11-/m0/s1. The van der Waals surface area contributed by atoms with E-state index in [9.17, 15) is 9.59 Å². The van der Waals surface area contributed by atoms with E-state index < -0.39 is 11.6 Å². The summed E-state index contributed by atoms with van der Waals surface area (Å²) in [6.45, 7) is 5.59. The van der Waals surface area contributed by atoms with Crippen LogP contribution < -0.4 is 20.1 Å². The van der Waals surface area contributed by atoms with E-state index >= 15 is 0 Å². The van der Waals surface area contributed by atoms with Crippen molar-refractivity contribution in [3.8, 4) is 11.5 Å². The molecular weight excluding hydrogens is 324 g/mol. The van der Waals surface area contributed by atoms with Crippen LogP contribution in [0, 0.1) is 0 Å². The summed E-state index contributed by atoms with van der Waals surface area (Å²) in [6.07, 6.45) is 2.74. The Labute approximate surface area is 145 Å². The number of benzene rings is 1. The fraction of sp³-hybridized carbons (Fsp3) is 0.333. The molecule has 0 saturated heterocycles. The van der Waals surface area contributed by atoms with Crippen LogP contribution in [-0.2, 0) is 10.3 Å². The van der Waals surface area contributed by atoms with E-state index in [1.54, 1.807) is 6.92 Å². The lowest BCUT2D eigenvalue weighted by atomic mass is 9.93. The van der Waals surface area contributed by atoms with E-state index in [0.29, 0.717) is 17.1 Å². The van der Waals surface area contributed by atoms with Gasteiger partial charge in [0.2, 0.25) is 12.7 Å². The lowest BCUT2D eigenvalue weighted by Crippen LogP contribution is -2.50. The number of ether oxygens (including phenoxy) is 2. The predicted octanol–water partition coefficient (Wildman–Crippen LogP) is 2.18. The van der Waals surface area contributed by atoms with Crippen molar-refractivity contribution < 1.29 is 23.5 Å². The van der Waals surface area contributed by atoms with Gasteiger partial charge in [0.15, 0.2) is 11.5 Å². The van der Waals surface area contributed by atoms with Gasteiger partial charge in [0.05, 0.1) is 17.4 Å². The number of furan rings is 1. The molecule has 0 bridgehead atoms. The molecule has 0 spiro atoms. The Bertz CT molecular complexity index is 783. The van der Waals surface area contributed by atoms with Crippen LogP contribution in [0.15, 0.2) is 41.2 Å². The van der Waals surface area contributed by atoms with Crippen molar-refractivity contribution in [2.45, 2.75) is 32.4 Å². The van der Waals surface area contributed by atoms with Gasteiger partial charge in [-0.15, -0.1) is 0 Å². The van der Waals surface area contributed by atoms with Crippen molar-refractivity contribution in [1.29, 1.82) is 0 Å². The lowest BCUT2D eigenvalue weighted by molar-refractivity contribution is -0.124. The van der Waals surface area contributed by atoms with Crippen LogP contribution in [0.3, 0.4) is 0 Å². The Morgan fingerprint density at radius 3 is 2.64 bits per heavy atom. The molecule has 25 heavy (non-hydrogen) atoms. The third kappa shape index (κ3) is 3.60. The molecule has 2 heterocycles. The first-order valence-electron chi connectivity index (χ1n) is 7.92. The molecule has 132 valence electrons. The summed E-state index contributed by atoms with van der Waals surface area (Å²) in [7, 11) is 0. The van der Waals surface area contributed by atoms with Crippen LogP contribution in [0.5, 0.6) is 11.5 Å². The molecule has 7 heteroatoms. The first kappa shape index (κ1) is 16.9. The third-order valence-corrected chi connectivity index (χ3v) is 4.05. The maximum atomic E-state index is 12.5. The minimum Gasteiger partial charge on any atom is -0.472 e. The van der Waals surface area contributed by atoms with Gasteiger partial charge in [0.25, 0.3) is 5.91 Å². The van der Waals surface area contributed by atoms with Gasteiger partial charge in [-0.25, -0.2) is 0 Å². The Morgan fingerprint density at radius 1 is 1.16 bits per heavy atom. The van der Waals surface area contributed by atoms with E-state index in [1.807, 2.05) is 32.0 Å². The van der Waals surface area contributed by atoms with E-state index in [4.69, 9.17) is 13.9 Å². The molecule has 0 saturated carbocycles. The highest BCUT2D eigenvalue weighted by Crippen LogP contribution is 2.35. The summed E-state index contributed by atoms with van der Waals surface area (Å²) in [4.78, 5) is 24.5. The summed E-state index contributed by atoms with van der Waals surface area (Å²) in [5, 5.41) is 5.58. The van der Waals surface area contributed by atoms with Gasteiger partial charge in [-0.1, -0.05) is 6.07 Å². The number of rotatable bonds is 5. The third-order valence-electron chi connectivity index (χ3n) is 4.05. The van der Waals surface area contributed by atoms with Crippen molar-refractivity contribution in [3.63, 3.8) is 0 Å². The molecule has 1 aromatic heterocycles. The smallest absolute Gasteiger partial charge is 0.255 e. The van der Waals surface area contributed by atoms with Gasteiger partial charge in [-0.2, -0.15) is 0 Å².